The van der Waals surface area contributed by atoms with Crippen LogP contribution in [0.4, 0.5) is 0 Å². The quantitative estimate of drug-likeness (QED) is 0.262. The van der Waals surface area contributed by atoms with E-state index in [1.54, 1.807) is 0 Å². The fourth-order valence-electron chi connectivity index (χ4n) is 4.80. The predicted octanol–water partition coefficient (Wildman–Crippen LogP) is 7.03. The molecule has 4 rings (SSSR count). The summed E-state index contributed by atoms with van der Waals surface area (Å²) < 4.78 is 27.6. The fourth-order valence-corrected chi connectivity index (χ4v) is 6.19. The van der Waals surface area contributed by atoms with Crippen molar-refractivity contribution < 1.29 is 18.5 Å². The van der Waals surface area contributed by atoms with Crippen LogP contribution in [0.1, 0.15) is 92.4 Å². The molecule has 0 saturated carbocycles. The van der Waals surface area contributed by atoms with Crippen molar-refractivity contribution in [3.8, 4) is 0 Å². The average Bonchev–Trinajstić information content (AvgIpc) is 3.29. The van der Waals surface area contributed by atoms with Crippen molar-refractivity contribution in [1.29, 1.82) is 0 Å². The molecule has 2 saturated heterocycles. The molecule has 0 N–H and O–H groups in total. The van der Waals surface area contributed by atoms with Crippen molar-refractivity contribution in [2.45, 2.75) is 123 Å². The highest BCUT2D eigenvalue weighted by Crippen LogP contribution is 2.39. The molecule has 206 valence electrons. The molecule has 1 aromatic heterocycles. The Morgan fingerprint density at radius 3 is 2.41 bits per heavy atom. The Hall–Kier alpha value is -0.898. The Morgan fingerprint density at radius 2 is 1.81 bits per heavy atom. The van der Waals surface area contributed by atoms with Crippen molar-refractivity contribution in [2.75, 3.05) is 13.2 Å². The van der Waals surface area contributed by atoms with Gasteiger partial charge < -0.3 is 18.5 Å². The second-order valence-corrected chi connectivity index (χ2v) is 18.5. The summed E-state index contributed by atoms with van der Waals surface area (Å²) in [5.74, 6) is 0. The summed E-state index contributed by atoms with van der Waals surface area (Å²) >= 11 is 7.02. The first kappa shape index (κ1) is 29.1. The van der Waals surface area contributed by atoms with Crippen molar-refractivity contribution in [3.63, 3.8) is 0 Å². The van der Waals surface area contributed by atoms with Crippen LogP contribution in [-0.2, 0) is 24.9 Å². The summed E-state index contributed by atoms with van der Waals surface area (Å²) in [6, 6.07) is 2.05. The zero-order chi connectivity index (χ0) is 27.2. The Balaban J connectivity index is 1.62. The number of fused-ring (bicyclic) bond motifs is 1. The van der Waals surface area contributed by atoms with Gasteiger partial charge in [-0.25, -0.2) is 4.68 Å². The predicted molar refractivity (Wildman–Crippen MR) is 155 cm³/mol. The Bertz CT molecular complexity index is 1090. The van der Waals surface area contributed by atoms with Gasteiger partial charge in [-0.15, -0.1) is 0 Å². The Labute approximate surface area is 230 Å². The molecule has 2 aliphatic heterocycles. The minimum Gasteiger partial charge on any atom is -0.417 e. The van der Waals surface area contributed by atoms with E-state index in [4.69, 9.17) is 35.2 Å². The van der Waals surface area contributed by atoms with Crippen LogP contribution in [0.25, 0.3) is 10.9 Å². The van der Waals surface area contributed by atoms with Crippen LogP contribution in [-0.4, -0.2) is 49.6 Å². The van der Waals surface area contributed by atoms with Crippen LogP contribution < -0.4 is 5.46 Å². The van der Waals surface area contributed by atoms with Crippen molar-refractivity contribution in [1.82, 2.24) is 9.78 Å². The smallest absolute Gasteiger partial charge is 0.417 e. The molecular weight excluding hydrogens is 503 g/mol. The van der Waals surface area contributed by atoms with Gasteiger partial charge in [-0.05, 0) is 101 Å². The molecule has 2 aliphatic rings. The maximum Gasteiger partial charge on any atom is 0.495 e. The molecule has 0 bridgehead atoms. The molecule has 0 amide bonds. The van der Waals surface area contributed by atoms with Crippen molar-refractivity contribution in [2.24, 2.45) is 0 Å². The maximum atomic E-state index is 7.02. The van der Waals surface area contributed by atoms with Gasteiger partial charge in [0.1, 0.15) is 0 Å². The van der Waals surface area contributed by atoms with Crippen LogP contribution in [0, 0.1) is 0 Å². The summed E-state index contributed by atoms with van der Waals surface area (Å²) in [4.78, 5) is 0. The zero-order valence-electron chi connectivity index (χ0n) is 24.4. The van der Waals surface area contributed by atoms with Gasteiger partial charge in [0.2, 0.25) is 0 Å². The van der Waals surface area contributed by atoms with Gasteiger partial charge in [0.15, 0.2) is 14.5 Å². The lowest BCUT2D eigenvalue weighted by Crippen LogP contribution is -2.41. The third-order valence-electron chi connectivity index (χ3n) is 9.01. The van der Waals surface area contributed by atoms with Gasteiger partial charge in [0, 0.05) is 23.6 Å². The molecule has 1 aromatic carbocycles. The minimum atomic E-state index is -1.75. The van der Waals surface area contributed by atoms with E-state index in [9.17, 15) is 0 Å². The SMILES string of the molecule is CC1(C)OB(c2c(CCCCO[Si](C)(C)C(C)(C)C)c(Cl)cc3c2cnn3C2CCCCO2)OC1(C)C. The van der Waals surface area contributed by atoms with Gasteiger partial charge in [0.05, 0.1) is 22.9 Å². The maximum absolute atomic E-state index is 7.02. The second kappa shape index (κ2) is 10.6. The molecule has 6 nitrogen and oxygen atoms in total. The number of hydrogen-bond donors (Lipinski definition) is 0. The summed E-state index contributed by atoms with van der Waals surface area (Å²) in [6.45, 7) is 21.4. The van der Waals surface area contributed by atoms with E-state index >= 15 is 0 Å². The second-order valence-electron chi connectivity index (χ2n) is 13.2. The summed E-state index contributed by atoms with van der Waals surface area (Å²) in [5.41, 5.74) is 2.19. The van der Waals surface area contributed by atoms with Gasteiger partial charge in [-0.3, -0.25) is 0 Å². The summed E-state index contributed by atoms with van der Waals surface area (Å²) in [6.07, 6.45) is 7.86. The molecular formula is C28H46BClN2O4Si. The molecule has 3 heterocycles. The van der Waals surface area contributed by atoms with Crippen LogP contribution in [0.2, 0.25) is 23.2 Å². The lowest BCUT2D eigenvalue weighted by atomic mass is 9.73. The van der Waals surface area contributed by atoms with Crippen LogP contribution >= 0.6 is 11.6 Å². The van der Waals surface area contributed by atoms with Crippen molar-refractivity contribution in [3.05, 3.63) is 22.8 Å². The standard InChI is InChI=1S/C28H46BClN2O4Si/c1-26(2,3)37(8,9)34-17-13-10-14-20-22(30)18-23-21(19-31-32(23)24-15-11-12-16-33-24)25(20)29-35-27(4,5)28(6,7)36-29/h18-19,24H,10-17H2,1-9H3. The number of nitrogens with zero attached hydrogens (tertiary/aromatic N) is 2. The lowest BCUT2D eigenvalue weighted by Gasteiger charge is -2.36. The Morgan fingerprint density at radius 1 is 1.14 bits per heavy atom. The number of halogens is 1. The lowest BCUT2D eigenvalue weighted by molar-refractivity contribution is -0.0366. The monoisotopic (exact) mass is 548 g/mol. The van der Waals surface area contributed by atoms with E-state index in [0.29, 0.717) is 0 Å². The Kier molecular flexibility index (Phi) is 8.32. The van der Waals surface area contributed by atoms with Gasteiger partial charge >= 0.3 is 7.12 Å². The molecule has 0 spiro atoms. The topological polar surface area (TPSA) is 54.7 Å². The highest BCUT2D eigenvalue weighted by atomic mass is 35.5. The number of hydrogen-bond acceptors (Lipinski definition) is 5. The van der Waals surface area contributed by atoms with Gasteiger partial charge in [-0.1, -0.05) is 32.4 Å². The largest absolute Gasteiger partial charge is 0.495 e. The average molecular weight is 549 g/mol. The normalized spacial score (nSPS) is 22.2. The fraction of sp³-hybridized carbons (Fsp3) is 0.750. The van der Waals surface area contributed by atoms with Crippen LogP contribution in [0.5, 0.6) is 0 Å². The molecule has 37 heavy (non-hydrogen) atoms. The first-order valence-corrected chi connectivity index (χ1v) is 17.2. The molecule has 0 aliphatic carbocycles. The van der Waals surface area contributed by atoms with Gasteiger partial charge in [0.25, 0.3) is 0 Å². The highest BCUT2D eigenvalue weighted by Gasteiger charge is 2.53. The van der Waals surface area contributed by atoms with Gasteiger partial charge in [-0.2, -0.15) is 5.10 Å². The third-order valence-corrected chi connectivity index (χ3v) is 13.9. The number of rotatable bonds is 8. The molecule has 0 radical (unpaired) electrons. The van der Waals surface area contributed by atoms with Crippen molar-refractivity contribution >= 4 is 43.4 Å². The summed E-state index contributed by atoms with van der Waals surface area (Å²) in [5, 5.41) is 6.76. The van der Waals surface area contributed by atoms with E-state index in [-0.39, 0.29) is 11.3 Å². The molecule has 1 atom stereocenters. The van der Waals surface area contributed by atoms with Crippen LogP contribution in [0.15, 0.2) is 12.3 Å². The zero-order valence-corrected chi connectivity index (χ0v) is 26.1. The number of benzene rings is 1. The summed E-state index contributed by atoms with van der Waals surface area (Å²) in [7, 11) is -2.25. The molecule has 2 fully saturated rings. The van der Waals surface area contributed by atoms with Crippen LogP contribution in [0.3, 0.4) is 0 Å². The van der Waals surface area contributed by atoms with E-state index in [1.165, 1.54) is 0 Å². The molecule has 1 unspecified atom stereocenters. The molecule has 9 heteroatoms. The minimum absolute atomic E-state index is 0.0631. The number of aromatic nitrogens is 2. The molecule has 2 aromatic rings. The van der Waals surface area contributed by atoms with E-state index in [0.717, 1.165) is 78.7 Å². The van der Waals surface area contributed by atoms with E-state index < -0.39 is 26.6 Å². The first-order chi connectivity index (χ1) is 17.1. The highest BCUT2D eigenvalue weighted by molar-refractivity contribution is 6.74. The first-order valence-electron chi connectivity index (χ1n) is 13.9. The van der Waals surface area contributed by atoms with E-state index in [2.05, 4.69) is 67.6 Å². The third kappa shape index (κ3) is 5.85. The number of unbranched alkanes of at least 4 members (excludes halogenated alkanes) is 1. The number of ether oxygens (including phenoxy) is 1. The van der Waals surface area contributed by atoms with E-state index in [1.807, 2.05) is 10.9 Å².